The summed E-state index contributed by atoms with van der Waals surface area (Å²) in [6.45, 7) is 0.458. The predicted octanol–water partition coefficient (Wildman–Crippen LogP) is 2.20. The van der Waals surface area contributed by atoms with E-state index in [0.717, 1.165) is 15.8 Å². The smallest absolute Gasteiger partial charge is 0.252 e. The van der Waals surface area contributed by atoms with Gasteiger partial charge < -0.3 is 11.1 Å². The average molecular weight is 284 g/mol. The van der Waals surface area contributed by atoms with Crippen molar-refractivity contribution in [2.45, 2.75) is 6.54 Å². The van der Waals surface area contributed by atoms with Crippen LogP contribution in [0.5, 0.6) is 0 Å². The Morgan fingerprint density at radius 1 is 1.35 bits per heavy atom. The maximum Gasteiger partial charge on any atom is 0.252 e. The maximum atomic E-state index is 12.3. The van der Waals surface area contributed by atoms with Crippen LogP contribution in [0.3, 0.4) is 0 Å². The van der Waals surface area contributed by atoms with Crippen LogP contribution in [0.2, 0.25) is 0 Å². The molecule has 0 aliphatic carbocycles. The molecule has 1 amide bonds. The molecule has 0 saturated carbocycles. The summed E-state index contributed by atoms with van der Waals surface area (Å²) in [6, 6.07) is 9.05. The molecule has 1 aromatic carbocycles. The van der Waals surface area contributed by atoms with Crippen LogP contribution >= 0.6 is 11.3 Å². The zero-order valence-electron chi connectivity index (χ0n) is 10.5. The first-order chi connectivity index (χ1) is 9.74. The van der Waals surface area contributed by atoms with E-state index in [2.05, 4.69) is 15.3 Å². The van der Waals surface area contributed by atoms with E-state index in [1.165, 1.54) is 11.3 Å². The number of pyridine rings is 1. The lowest BCUT2D eigenvalue weighted by Gasteiger charge is -2.08. The molecule has 2 aromatic heterocycles. The number of benzene rings is 1. The molecule has 3 aromatic rings. The standard InChI is InChI=1S/C14H12N4OS/c15-13-5-11(10-3-1-2-4-12(10)18-13)14(19)17-7-9-6-16-8-20-9/h1-6,8H,7H2,(H2,15,18)(H,17,19). The summed E-state index contributed by atoms with van der Waals surface area (Å²) >= 11 is 1.50. The van der Waals surface area contributed by atoms with Gasteiger partial charge in [-0.2, -0.15) is 0 Å². The number of amides is 1. The van der Waals surface area contributed by atoms with Gasteiger partial charge in [0.15, 0.2) is 0 Å². The van der Waals surface area contributed by atoms with E-state index in [9.17, 15) is 4.79 Å². The van der Waals surface area contributed by atoms with E-state index in [1.54, 1.807) is 17.8 Å². The van der Waals surface area contributed by atoms with E-state index >= 15 is 0 Å². The highest BCUT2D eigenvalue weighted by molar-refractivity contribution is 7.09. The van der Waals surface area contributed by atoms with Crippen LogP contribution in [0.4, 0.5) is 5.82 Å². The summed E-state index contributed by atoms with van der Waals surface area (Å²) in [5.41, 5.74) is 8.75. The molecule has 20 heavy (non-hydrogen) atoms. The molecule has 0 atom stereocenters. The van der Waals surface area contributed by atoms with Crippen LogP contribution in [0.15, 0.2) is 42.0 Å². The number of anilines is 1. The van der Waals surface area contributed by atoms with Gasteiger partial charge in [0, 0.05) is 16.5 Å². The number of para-hydroxylation sites is 1. The molecule has 0 unspecified atom stereocenters. The number of thiazole rings is 1. The number of carbonyl (C=O) groups is 1. The van der Waals surface area contributed by atoms with Crippen LogP contribution in [0.25, 0.3) is 10.9 Å². The first kappa shape index (κ1) is 12.6. The molecule has 0 fully saturated rings. The van der Waals surface area contributed by atoms with Crippen molar-refractivity contribution in [3.63, 3.8) is 0 Å². The van der Waals surface area contributed by atoms with Crippen molar-refractivity contribution in [2.75, 3.05) is 5.73 Å². The highest BCUT2D eigenvalue weighted by Crippen LogP contribution is 2.19. The van der Waals surface area contributed by atoms with Crippen molar-refractivity contribution in [1.82, 2.24) is 15.3 Å². The van der Waals surface area contributed by atoms with Gasteiger partial charge in [0.25, 0.3) is 5.91 Å². The van der Waals surface area contributed by atoms with E-state index in [4.69, 9.17) is 5.73 Å². The van der Waals surface area contributed by atoms with Gasteiger partial charge in [0.2, 0.25) is 0 Å². The number of fused-ring (bicyclic) bond motifs is 1. The summed E-state index contributed by atoms with van der Waals surface area (Å²) in [7, 11) is 0. The second-order valence-corrected chi connectivity index (χ2v) is 5.23. The van der Waals surface area contributed by atoms with Crippen molar-refractivity contribution in [3.05, 3.63) is 52.5 Å². The fraction of sp³-hybridized carbons (Fsp3) is 0.0714. The SMILES string of the molecule is Nc1cc(C(=O)NCc2cncs2)c2ccccc2n1. The lowest BCUT2D eigenvalue weighted by molar-refractivity contribution is 0.0953. The van der Waals surface area contributed by atoms with Crippen molar-refractivity contribution in [2.24, 2.45) is 0 Å². The molecule has 2 heterocycles. The molecule has 3 rings (SSSR count). The molecular formula is C14H12N4OS. The number of hydrogen-bond donors (Lipinski definition) is 2. The van der Waals surface area contributed by atoms with Crippen LogP contribution in [-0.4, -0.2) is 15.9 Å². The van der Waals surface area contributed by atoms with Crippen LogP contribution in [0, 0.1) is 0 Å². The van der Waals surface area contributed by atoms with E-state index in [0.29, 0.717) is 17.9 Å². The Morgan fingerprint density at radius 2 is 2.20 bits per heavy atom. The minimum atomic E-state index is -0.163. The van der Waals surface area contributed by atoms with Crippen molar-refractivity contribution < 1.29 is 4.79 Å². The van der Waals surface area contributed by atoms with Gasteiger partial charge in [-0.15, -0.1) is 11.3 Å². The third-order valence-corrected chi connectivity index (χ3v) is 3.67. The molecule has 0 bridgehead atoms. The Balaban J connectivity index is 1.90. The number of nitrogens with zero attached hydrogens (tertiary/aromatic N) is 2. The van der Waals surface area contributed by atoms with Crippen molar-refractivity contribution >= 4 is 34.0 Å². The predicted molar refractivity (Wildman–Crippen MR) is 79.4 cm³/mol. The highest BCUT2D eigenvalue weighted by atomic mass is 32.1. The van der Waals surface area contributed by atoms with E-state index in [-0.39, 0.29) is 5.91 Å². The number of nitrogens with one attached hydrogen (secondary N) is 1. The van der Waals surface area contributed by atoms with Gasteiger partial charge in [0.05, 0.1) is 23.1 Å². The van der Waals surface area contributed by atoms with E-state index in [1.807, 2.05) is 24.3 Å². The molecule has 0 spiro atoms. The Bertz CT molecular complexity index is 755. The largest absolute Gasteiger partial charge is 0.384 e. The Morgan fingerprint density at radius 3 is 3.00 bits per heavy atom. The second kappa shape index (κ2) is 5.26. The van der Waals surface area contributed by atoms with E-state index < -0.39 is 0 Å². The number of aromatic nitrogens is 2. The maximum absolute atomic E-state index is 12.3. The van der Waals surface area contributed by atoms with Crippen molar-refractivity contribution in [1.29, 1.82) is 0 Å². The molecule has 6 heteroatoms. The lowest BCUT2D eigenvalue weighted by atomic mass is 10.1. The number of nitrogens with two attached hydrogens (primary N) is 1. The van der Waals surface area contributed by atoms with Gasteiger partial charge in [-0.3, -0.25) is 9.78 Å². The molecule has 100 valence electrons. The molecule has 3 N–H and O–H groups in total. The number of hydrogen-bond acceptors (Lipinski definition) is 5. The van der Waals surface area contributed by atoms with Gasteiger partial charge in [0.1, 0.15) is 5.82 Å². The Labute approximate surface area is 119 Å². The second-order valence-electron chi connectivity index (χ2n) is 4.26. The summed E-state index contributed by atoms with van der Waals surface area (Å²) in [5, 5.41) is 3.66. The van der Waals surface area contributed by atoms with Crippen LogP contribution in [-0.2, 0) is 6.54 Å². The molecule has 5 nitrogen and oxygen atoms in total. The third kappa shape index (κ3) is 2.46. The van der Waals surface area contributed by atoms with Crippen LogP contribution in [0.1, 0.15) is 15.2 Å². The van der Waals surface area contributed by atoms with Gasteiger partial charge in [-0.25, -0.2) is 4.98 Å². The summed E-state index contributed by atoms with van der Waals surface area (Å²) < 4.78 is 0. The fourth-order valence-electron chi connectivity index (χ4n) is 1.98. The quantitative estimate of drug-likeness (QED) is 0.772. The Hall–Kier alpha value is -2.47. The zero-order valence-corrected chi connectivity index (χ0v) is 11.4. The lowest BCUT2D eigenvalue weighted by Crippen LogP contribution is -2.23. The van der Waals surface area contributed by atoms with Crippen LogP contribution < -0.4 is 11.1 Å². The van der Waals surface area contributed by atoms with Crippen molar-refractivity contribution in [3.8, 4) is 0 Å². The first-order valence-corrected chi connectivity index (χ1v) is 6.93. The monoisotopic (exact) mass is 284 g/mol. The fourth-order valence-corrected chi connectivity index (χ4v) is 2.51. The minimum absolute atomic E-state index is 0.163. The minimum Gasteiger partial charge on any atom is -0.384 e. The Kier molecular flexibility index (Phi) is 3.30. The number of rotatable bonds is 3. The first-order valence-electron chi connectivity index (χ1n) is 6.05. The molecule has 0 radical (unpaired) electrons. The molecule has 0 aliphatic heterocycles. The van der Waals surface area contributed by atoms with Gasteiger partial charge in [-0.1, -0.05) is 18.2 Å². The summed E-state index contributed by atoms with van der Waals surface area (Å²) in [6.07, 6.45) is 1.74. The zero-order chi connectivity index (χ0) is 13.9. The molecule has 0 aliphatic rings. The topological polar surface area (TPSA) is 80.9 Å². The average Bonchev–Trinajstić information content (AvgIpc) is 2.97. The van der Waals surface area contributed by atoms with Gasteiger partial charge >= 0.3 is 0 Å². The number of carbonyl (C=O) groups excluding carboxylic acids is 1. The summed E-state index contributed by atoms with van der Waals surface area (Å²) in [4.78, 5) is 21.5. The van der Waals surface area contributed by atoms with Gasteiger partial charge in [-0.05, 0) is 12.1 Å². The normalized spacial score (nSPS) is 10.6. The summed E-state index contributed by atoms with van der Waals surface area (Å²) in [5.74, 6) is 0.176. The molecule has 0 saturated heterocycles. The third-order valence-electron chi connectivity index (χ3n) is 2.89. The highest BCUT2D eigenvalue weighted by Gasteiger charge is 2.12. The molecular weight excluding hydrogens is 272 g/mol. The number of nitrogen functional groups attached to an aromatic ring is 1.